The highest BCUT2D eigenvalue weighted by molar-refractivity contribution is 6.31. The molecule has 1 saturated carbocycles. The minimum atomic E-state index is -0.245. The molecular formula is C20H28ClN3O. The maximum absolute atomic E-state index is 13.1. The molecule has 4 rings (SSSR count). The van der Waals surface area contributed by atoms with Gasteiger partial charge >= 0.3 is 6.03 Å². The van der Waals surface area contributed by atoms with E-state index in [0.717, 1.165) is 49.4 Å². The van der Waals surface area contributed by atoms with Gasteiger partial charge in [-0.1, -0.05) is 29.8 Å². The van der Waals surface area contributed by atoms with E-state index in [1.807, 2.05) is 24.3 Å². The Bertz CT molecular complexity index is 625. The fourth-order valence-corrected chi connectivity index (χ4v) is 4.75. The number of halogens is 1. The van der Waals surface area contributed by atoms with Gasteiger partial charge in [0.05, 0.1) is 5.54 Å². The number of nitrogens with zero attached hydrogens (tertiary/aromatic N) is 2. The summed E-state index contributed by atoms with van der Waals surface area (Å²) in [5.74, 6) is 0. The van der Waals surface area contributed by atoms with Crippen molar-refractivity contribution in [2.45, 2.75) is 56.5 Å². The highest BCUT2D eigenvalue weighted by Crippen LogP contribution is 2.48. The zero-order valence-corrected chi connectivity index (χ0v) is 15.6. The number of nitrogens with one attached hydrogen (secondary N) is 1. The van der Waals surface area contributed by atoms with Gasteiger partial charge in [-0.25, -0.2) is 4.79 Å². The lowest BCUT2D eigenvalue weighted by Gasteiger charge is -2.38. The van der Waals surface area contributed by atoms with E-state index in [-0.39, 0.29) is 11.6 Å². The first kappa shape index (κ1) is 17.2. The molecule has 1 aromatic rings. The number of carbonyl (C=O) groups excluding carboxylic acids is 1. The first-order valence-corrected chi connectivity index (χ1v) is 10.1. The van der Waals surface area contributed by atoms with E-state index in [9.17, 15) is 4.79 Å². The maximum atomic E-state index is 13.1. The highest BCUT2D eigenvalue weighted by Gasteiger charge is 2.48. The Morgan fingerprint density at radius 3 is 2.56 bits per heavy atom. The number of urea groups is 1. The van der Waals surface area contributed by atoms with Crippen LogP contribution in [-0.2, 0) is 5.54 Å². The van der Waals surface area contributed by atoms with Crippen LogP contribution in [0.2, 0.25) is 5.02 Å². The molecule has 2 aliphatic heterocycles. The molecule has 2 amide bonds. The normalized spacial score (nSPS) is 25.8. The fraction of sp³-hybridized carbons (Fsp3) is 0.650. The molecule has 2 saturated heterocycles. The van der Waals surface area contributed by atoms with Crippen LogP contribution in [0.25, 0.3) is 0 Å². The number of benzene rings is 1. The first-order valence-electron chi connectivity index (χ1n) is 9.74. The molecule has 0 aromatic heterocycles. The summed E-state index contributed by atoms with van der Waals surface area (Å²) in [7, 11) is 0. The van der Waals surface area contributed by atoms with Crippen LogP contribution >= 0.6 is 11.6 Å². The average molecular weight is 362 g/mol. The molecule has 25 heavy (non-hydrogen) atoms. The van der Waals surface area contributed by atoms with Crippen LogP contribution in [0.4, 0.5) is 4.79 Å². The topological polar surface area (TPSA) is 35.6 Å². The predicted octanol–water partition coefficient (Wildman–Crippen LogP) is 3.99. The monoisotopic (exact) mass is 361 g/mol. The van der Waals surface area contributed by atoms with Crippen LogP contribution in [0.3, 0.4) is 0 Å². The Morgan fingerprint density at radius 2 is 1.84 bits per heavy atom. The van der Waals surface area contributed by atoms with Gasteiger partial charge in [0.1, 0.15) is 0 Å². The second-order valence-electron chi connectivity index (χ2n) is 7.84. The summed E-state index contributed by atoms with van der Waals surface area (Å²) in [6, 6.07) is 8.37. The number of amides is 2. The number of carbonyl (C=O) groups is 1. The zero-order valence-electron chi connectivity index (χ0n) is 14.8. The summed E-state index contributed by atoms with van der Waals surface area (Å²) in [5.41, 5.74) is 0.823. The van der Waals surface area contributed by atoms with E-state index in [2.05, 4.69) is 15.1 Å². The number of likely N-dealkylation sites (tertiary alicyclic amines) is 2. The van der Waals surface area contributed by atoms with Gasteiger partial charge < -0.3 is 15.1 Å². The van der Waals surface area contributed by atoms with Gasteiger partial charge in [0, 0.05) is 24.2 Å². The molecule has 4 nitrogen and oxygen atoms in total. The molecule has 3 fully saturated rings. The summed E-state index contributed by atoms with van der Waals surface area (Å²) in [5, 5.41) is 4.09. The smallest absolute Gasteiger partial charge is 0.318 e. The van der Waals surface area contributed by atoms with Gasteiger partial charge in [0.2, 0.25) is 0 Å². The van der Waals surface area contributed by atoms with Crippen molar-refractivity contribution in [3.63, 3.8) is 0 Å². The fourth-order valence-electron chi connectivity index (χ4n) is 4.43. The summed E-state index contributed by atoms with van der Waals surface area (Å²) in [6.45, 7) is 4.29. The number of piperidine rings is 1. The van der Waals surface area contributed by atoms with E-state index in [4.69, 9.17) is 11.6 Å². The number of rotatable bonds is 4. The molecule has 5 heteroatoms. The third kappa shape index (κ3) is 3.65. The van der Waals surface area contributed by atoms with E-state index in [0.29, 0.717) is 6.04 Å². The molecule has 1 atom stereocenters. The van der Waals surface area contributed by atoms with Crippen LogP contribution in [0, 0.1) is 0 Å². The molecule has 0 radical (unpaired) electrons. The summed E-state index contributed by atoms with van der Waals surface area (Å²) >= 11 is 6.39. The second kappa shape index (κ2) is 7.16. The van der Waals surface area contributed by atoms with Crippen molar-refractivity contribution in [1.29, 1.82) is 0 Å². The van der Waals surface area contributed by atoms with Crippen LogP contribution in [0.1, 0.15) is 50.5 Å². The van der Waals surface area contributed by atoms with Gasteiger partial charge in [-0.3, -0.25) is 0 Å². The van der Waals surface area contributed by atoms with Crippen molar-refractivity contribution >= 4 is 17.6 Å². The number of hydrogen-bond donors (Lipinski definition) is 1. The van der Waals surface area contributed by atoms with Crippen LogP contribution in [0.15, 0.2) is 24.3 Å². The van der Waals surface area contributed by atoms with Crippen LogP contribution in [-0.4, -0.2) is 48.1 Å². The largest absolute Gasteiger partial charge is 0.328 e. The van der Waals surface area contributed by atoms with E-state index >= 15 is 0 Å². The van der Waals surface area contributed by atoms with E-state index < -0.39 is 0 Å². The van der Waals surface area contributed by atoms with Crippen LogP contribution < -0.4 is 5.32 Å². The third-order valence-corrected chi connectivity index (χ3v) is 6.37. The Labute approximate surface area is 155 Å². The Morgan fingerprint density at radius 1 is 1.12 bits per heavy atom. The summed E-state index contributed by atoms with van der Waals surface area (Å²) in [6.07, 6.45) is 8.03. The molecular weight excluding hydrogens is 334 g/mol. The molecule has 136 valence electrons. The molecule has 1 aromatic carbocycles. The summed E-state index contributed by atoms with van der Waals surface area (Å²) < 4.78 is 0. The SMILES string of the molecule is O=C(NC1(c2ccccc2Cl)CC1)N1CCCC[C@@H]1CN1CCCC1. The minimum Gasteiger partial charge on any atom is -0.328 e. The molecule has 3 aliphatic rings. The lowest BCUT2D eigenvalue weighted by atomic mass is 10.0. The lowest BCUT2D eigenvalue weighted by Crippen LogP contribution is -2.54. The molecule has 1 aliphatic carbocycles. The van der Waals surface area contributed by atoms with Gasteiger partial charge in [-0.15, -0.1) is 0 Å². The van der Waals surface area contributed by atoms with Crippen molar-refractivity contribution in [3.8, 4) is 0 Å². The molecule has 0 bridgehead atoms. The maximum Gasteiger partial charge on any atom is 0.318 e. The average Bonchev–Trinajstić information content (AvgIpc) is 3.20. The standard InChI is InChI=1S/C20H28ClN3O/c21-18-9-2-1-8-17(18)20(10-11-20)22-19(25)24-14-4-3-7-16(24)15-23-12-5-6-13-23/h1-2,8-9,16H,3-7,10-15H2,(H,22,25)/t16-/m1/s1. The highest BCUT2D eigenvalue weighted by atomic mass is 35.5. The van der Waals surface area contributed by atoms with Crippen molar-refractivity contribution in [2.75, 3.05) is 26.2 Å². The predicted molar refractivity (Wildman–Crippen MR) is 101 cm³/mol. The van der Waals surface area contributed by atoms with Gasteiger partial charge in [-0.2, -0.15) is 0 Å². The molecule has 0 spiro atoms. The third-order valence-electron chi connectivity index (χ3n) is 6.04. The molecule has 0 unspecified atom stereocenters. The van der Waals surface area contributed by atoms with Crippen LogP contribution in [0.5, 0.6) is 0 Å². The van der Waals surface area contributed by atoms with Gasteiger partial charge in [0.15, 0.2) is 0 Å². The first-order chi connectivity index (χ1) is 12.2. The Balaban J connectivity index is 1.44. The van der Waals surface area contributed by atoms with Crippen molar-refractivity contribution in [1.82, 2.24) is 15.1 Å². The Kier molecular flexibility index (Phi) is 4.92. The van der Waals surface area contributed by atoms with Crippen molar-refractivity contribution < 1.29 is 4.79 Å². The lowest BCUT2D eigenvalue weighted by molar-refractivity contribution is 0.124. The van der Waals surface area contributed by atoms with Gasteiger partial charge in [0.25, 0.3) is 0 Å². The molecule has 1 N–H and O–H groups in total. The zero-order chi connectivity index (χ0) is 17.3. The summed E-state index contributed by atoms with van der Waals surface area (Å²) in [4.78, 5) is 17.7. The van der Waals surface area contributed by atoms with E-state index in [1.165, 1.54) is 32.4 Å². The van der Waals surface area contributed by atoms with Crippen molar-refractivity contribution in [2.24, 2.45) is 0 Å². The van der Waals surface area contributed by atoms with Gasteiger partial charge in [-0.05, 0) is 69.7 Å². The quantitative estimate of drug-likeness (QED) is 0.880. The number of hydrogen-bond acceptors (Lipinski definition) is 2. The second-order valence-corrected chi connectivity index (χ2v) is 8.25. The molecule has 2 heterocycles. The van der Waals surface area contributed by atoms with Crippen molar-refractivity contribution in [3.05, 3.63) is 34.9 Å². The minimum absolute atomic E-state index is 0.0984. The van der Waals surface area contributed by atoms with E-state index in [1.54, 1.807) is 0 Å². The Hall–Kier alpha value is -1.26.